The summed E-state index contributed by atoms with van der Waals surface area (Å²) in [6, 6.07) is 8.06. The smallest absolute Gasteiger partial charge is 0.146 e. The Morgan fingerprint density at radius 3 is 3.00 bits per heavy atom. The number of nitrogens with zero attached hydrogens (tertiary/aromatic N) is 5. The molecule has 2 aromatic rings. The Morgan fingerprint density at radius 1 is 1.33 bits per heavy atom. The molecule has 0 aliphatic carbocycles. The molecule has 1 aromatic carbocycles. The van der Waals surface area contributed by atoms with E-state index in [1.807, 2.05) is 22.9 Å². The number of aromatic nitrogens is 3. The van der Waals surface area contributed by atoms with Crippen molar-refractivity contribution in [3.63, 3.8) is 0 Å². The quantitative estimate of drug-likeness (QED) is 0.694. The third kappa shape index (κ3) is 2.61. The molecule has 6 nitrogen and oxygen atoms in total. The molecule has 0 saturated heterocycles. The molecule has 0 spiro atoms. The number of para-hydroxylation sites is 1. The van der Waals surface area contributed by atoms with Crippen LogP contribution >= 0.6 is 0 Å². The Hall–Kier alpha value is -2.37. The molecule has 0 unspecified atom stereocenters. The van der Waals surface area contributed by atoms with E-state index in [9.17, 15) is 5.21 Å². The largest absolute Gasteiger partial charge is 0.411 e. The SMILES string of the molecule is CCn1ncnc1CN1CCC/C(=N/O)c2ccccc21. The Morgan fingerprint density at radius 2 is 2.19 bits per heavy atom. The van der Waals surface area contributed by atoms with Gasteiger partial charge in [-0.25, -0.2) is 9.67 Å². The Balaban J connectivity index is 1.95. The van der Waals surface area contributed by atoms with E-state index in [2.05, 4.69) is 33.1 Å². The van der Waals surface area contributed by atoms with E-state index in [0.717, 1.165) is 48.7 Å². The fraction of sp³-hybridized carbons (Fsp3) is 0.400. The van der Waals surface area contributed by atoms with Gasteiger partial charge in [0, 0.05) is 24.3 Å². The Bertz CT molecular complexity index is 649. The number of rotatable bonds is 3. The fourth-order valence-electron chi connectivity index (χ4n) is 2.80. The highest BCUT2D eigenvalue weighted by Gasteiger charge is 2.21. The Labute approximate surface area is 123 Å². The van der Waals surface area contributed by atoms with E-state index in [0.29, 0.717) is 6.54 Å². The lowest BCUT2D eigenvalue weighted by Crippen LogP contribution is -2.25. The van der Waals surface area contributed by atoms with Crippen LogP contribution in [0.2, 0.25) is 0 Å². The molecule has 1 aliphatic rings. The number of anilines is 1. The maximum Gasteiger partial charge on any atom is 0.146 e. The molecule has 1 aliphatic heterocycles. The molecule has 2 heterocycles. The van der Waals surface area contributed by atoms with Gasteiger partial charge in [-0.2, -0.15) is 5.10 Å². The minimum absolute atomic E-state index is 0.712. The minimum atomic E-state index is 0.712. The summed E-state index contributed by atoms with van der Waals surface area (Å²) in [7, 11) is 0. The van der Waals surface area contributed by atoms with Crippen molar-refractivity contribution < 1.29 is 5.21 Å². The molecule has 3 rings (SSSR count). The summed E-state index contributed by atoms with van der Waals surface area (Å²) in [4.78, 5) is 6.64. The fourth-order valence-corrected chi connectivity index (χ4v) is 2.80. The van der Waals surface area contributed by atoms with Crippen LogP contribution in [0.15, 0.2) is 35.7 Å². The number of aryl methyl sites for hydroxylation is 1. The van der Waals surface area contributed by atoms with Crippen LogP contribution in [0.4, 0.5) is 5.69 Å². The number of hydrogen-bond donors (Lipinski definition) is 1. The van der Waals surface area contributed by atoms with Gasteiger partial charge in [0.05, 0.1) is 12.3 Å². The summed E-state index contributed by atoms with van der Waals surface area (Å²) in [5.41, 5.74) is 2.85. The number of hydrogen-bond acceptors (Lipinski definition) is 5. The second kappa shape index (κ2) is 5.95. The van der Waals surface area contributed by atoms with Crippen LogP contribution in [0.25, 0.3) is 0 Å². The van der Waals surface area contributed by atoms with Crippen molar-refractivity contribution in [2.24, 2.45) is 5.16 Å². The second-order valence-corrected chi connectivity index (χ2v) is 5.08. The van der Waals surface area contributed by atoms with Gasteiger partial charge in [-0.3, -0.25) is 0 Å². The van der Waals surface area contributed by atoms with Crippen LogP contribution in [0.5, 0.6) is 0 Å². The lowest BCUT2D eigenvalue weighted by molar-refractivity contribution is 0.318. The summed E-state index contributed by atoms with van der Waals surface area (Å²) in [6.45, 7) is 4.50. The second-order valence-electron chi connectivity index (χ2n) is 5.08. The zero-order chi connectivity index (χ0) is 14.7. The van der Waals surface area contributed by atoms with E-state index in [1.165, 1.54) is 0 Å². The average molecular weight is 285 g/mol. The molecule has 0 saturated carbocycles. The maximum atomic E-state index is 9.23. The third-order valence-corrected chi connectivity index (χ3v) is 3.85. The normalized spacial score (nSPS) is 16.8. The summed E-state index contributed by atoms with van der Waals surface area (Å²) < 4.78 is 1.91. The molecule has 0 fully saturated rings. The predicted molar refractivity (Wildman–Crippen MR) is 80.7 cm³/mol. The van der Waals surface area contributed by atoms with Crippen LogP contribution in [0.3, 0.4) is 0 Å². The van der Waals surface area contributed by atoms with Crippen LogP contribution in [-0.2, 0) is 13.1 Å². The van der Waals surface area contributed by atoms with Crippen molar-refractivity contribution in [3.05, 3.63) is 42.0 Å². The zero-order valence-electron chi connectivity index (χ0n) is 12.1. The highest BCUT2D eigenvalue weighted by atomic mass is 16.4. The van der Waals surface area contributed by atoms with E-state index in [1.54, 1.807) is 6.33 Å². The van der Waals surface area contributed by atoms with Crippen molar-refractivity contribution in [2.75, 3.05) is 11.4 Å². The van der Waals surface area contributed by atoms with E-state index >= 15 is 0 Å². The van der Waals surface area contributed by atoms with Crippen molar-refractivity contribution in [1.29, 1.82) is 0 Å². The van der Waals surface area contributed by atoms with Gasteiger partial charge in [-0.15, -0.1) is 0 Å². The molecular formula is C15H19N5O. The first kappa shape index (κ1) is 13.6. The zero-order valence-corrected chi connectivity index (χ0v) is 12.1. The van der Waals surface area contributed by atoms with Crippen LogP contribution in [-0.4, -0.2) is 32.2 Å². The van der Waals surface area contributed by atoms with Crippen LogP contribution in [0.1, 0.15) is 31.2 Å². The molecule has 0 bridgehead atoms. The van der Waals surface area contributed by atoms with Crippen molar-refractivity contribution >= 4 is 11.4 Å². The molecule has 0 amide bonds. The summed E-state index contributed by atoms with van der Waals surface area (Å²) in [6.07, 6.45) is 3.34. The minimum Gasteiger partial charge on any atom is -0.411 e. The van der Waals surface area contributed by atoms with Gasteiger partial charge in [0.25, 0.3) is 0 Å². The molecule has 1 aromatic heterocycles. The van der Waals surface area contributed by atoms with Gasteiger partial charge in [0.15, 0.2) is 0 Å². The molecule has 1 N–H and O–H groups in total. The topological polar surface area (TPSA) is 66.5 Å². The van der Waals surface area contributed by atoms with Gasteiger partial charge in [0.1, 0.15) is 12.2 Å². The Kier molecular flexibility index (Phi) is 3.85. The molecule has 0 radical (unpaired) electrons. The summed E-state index contributed by atoms with van der Waals surface area (Å²) in [5, 5.41) is 16.9. The molecule has 0 atom stereocenters. The molecular weight excluding hydrogens is 266 g/mol. The van der Waals surface area contributed by atoms with Crippen LogP contribution in [0, 0.1) is 0 Å². The third-order valence-electron chi connectivity index (χ3n) is 3.85. The summed E-state index contributed by atoms with van der Waals surface area (Å²) in [5.74, 6) is 0.955. The lowest BCUT2D eigenvalue weighted by Gasteiger charge is -2.24. The van der Waals surface area contributed by atoms with E-state index < -0.39 is 0 Å². The molecule has 110 valence electrons. The highest BCUT2D eigenvalue weighted by molar-refractivity contribution is 6.05. The van der Waals surface area contributed by atoms with Crippen LogP contribution < -0.4 is 4.90 Å². The van der Waals surface area contributed by atoms with Gasteiger partial charge in [-0.05, 0) is 25.8 Å². The lowest BCUT2D eigenvalue weighted by atomic mass is 10.1. The summed E-state index contributed by atoms with van der Waals surface area (Å²) >= 11 is 0. The predicted octanol–water partition coefficient (Wildman–Crippen LogP) is 2.28. The van der Waals surface area contributed by atoms with Crippen molar-refractivity contribution in [3.8, 4) is 0 Å². The van der Waals surface area contributed by atoms with E-state index in [4.69, 9.17) is 0 Å². The van der Waals surface area contributed by atoms with Gasteiger partial charge < -0.3 is 10.1 Å². The molecule has 6 heteroatoms. The monoisotopic (exact) mass is 285 g/mol. The standard InChI is InChI=1S/C15H19N5O/c1-2-20-15(16-11-17-20)10-19-9-5-7-13(18-21)12-6-3-4-8-14(12)19/h3-4,6,8,11,21H,2,5,7,9-10H2,1H3/b18-13-. The average Bonchev–Trinajstić information content (AvgIpc) is 2.89. The van der Waals surface area contributed by atoms with Gasteiger partial charge >= 0.3 is 0 Å². The van der Waals surface area contributed by atoms with E-state index in [-0.39, 0.29) is 0 Å². The first-order valence-electron chi connectivity index (χ1n) is 7.25. The van der Waals surface area contributed by atoms with Gasteiger partial charge in [-0.1, -0.05) is 23.4 Å². The number of benzene rings is 1. The first-order valence-corrected chi connectivity index (χ1v) is 7.25. The number of oxime groups is 1. The highest BCUT2D eigenvalue weighted by Crippen LogP contribution is 2.27. The first-order chi connectivity index (χ1) is 10.3. The molecule has 21 heavy (non-hydrogen) atoms. The maximum absolute atomic E-state index is 9.23. The number of fused-ring (bicyclic) bond motifs is 1. The van der Waals surface area contributed by atoms with Gasteiger partial charge in [0.2, 0.25) is 0 Å². The van der Waals surface area contributed by atoms with Crippen molar-refractivity contribution in [1.82, 2.24) is 14.8 Å². The van der Waals surface area contributed by atoms with Crippen molar-refractivity contribution in [2.45, 2.75) is 32.9 Å².